The highest BCUT2D eigenvalue weighted by Gasteiger charge is 2.27. The van der Waals surface area contributed by atoms with Crippen molar-refractivity contribution in [3.63, 3.8) is 0 Å². The fourth-order valence-corrected chi connectivity index (χ4v) is 4.60. The lowest BCUT2D eigenvalue weighted by atomic mass is 10.4. The van der Waals surface area contributed by atoms with Gasteiger partial charge in [0.15, 0.2) is 0 Å². The standard InChI is InChI=1S/C6H12S3/c1-4-5(2)9-6(3-7)8-4/h4-7H,3H2,1-2H3. The quantitative estimate of drug-likeness (QED) is 0.616. The van der Waals surface area contributed by atoms with E-state index in [1.807, 2.05) is 0 Å². The van der Waals surface area contributed by atoms with E-state index >= 15 is 0 Å². The molecule has 1 fully saturated rings. The van der Waals surface area contributed by atoms with Gasteiger partial charge >= 0.3 is 0 Å². The molecule has 0 amide bonds. The highest BCUT2D eigenvalue weighted by Crippen LogP contribution is 2.43. The first-order valence-corrected chi connectivity index (χ1v) is 5.67. The maximum Gasteiger partial charge on any atom is 0.0596 e. The van der Waals surface area contributed by atoms with E-state index in [2.05, 4.69) is 50.0 Å². The van der Waals surface area contributed by atoms with Crippen LogP contribution in [0.4, 0.5) is 0 Å². The van der Waals surface area contributed by atoms with Gasteiger partial charge in [0.2, 0.25) is 0 Å². The second-order valence-electron chi connectivity index (χ2n) is 2.29. The molecule has 0 saturated carbocycles. The van der Waals surface area contributed by atoms with E-state index < -0.39 is 0 Å². The highest BCUT2D eigenvalue weighted by molar-refractivity contribution is 8.21. The molecule has 0 aromatic carbocycles. The van der Waals surface area contributed by atoms with Crippen LogP contribution in [0.3, 0.4) is 0 Å². The summed E-state index contributed by atoms with van der Waals surface area (Å²) < 4.78 is 0.748. The maximum atomic E-state index is 4.26. The normalized spacial score (nSPS) is 43.7. The number of hydrogen-bond acceptors (Lipinski definition) is 3. The number of thioether (sulfide) groups is 2. The zero-order chi connectivity index (χ0) is 6.85. The topological polar surface area (TPSA) is 0 Å². The summed E-state index contributed by atoms with van der Waals surface area (Å²) in [5, 5.41) is 1.65. The van der Waals surface area contributed by atoms with Gasteiger partial charge in [-0.2, -0.15) is 12.6 Å². The Bertz CT molecular complexity index is 84.3. The summed E-state index contributed by atoms with van der Waals surface area (Å²) in [4.78, 5) is 0. The van der Waals surface area contributed by atoms with Crippen LogP contribution in [-0.4, -0.2) is 20.8 Å². The molecule has 1 aliphatic rings. The third kappa shape index (κ3) is 1.99. The SMILES string of the molecule is CC1SC(CS)SC1C. The Kier molecular flexibility index (Phi) is 3.12. The second kappa shape index (κ2) is 3.44. The minimum absolute atomic E-state index is 0.748. The molecule has 1 aliphatic heterocycles. The third-order valence-electron chi connectivity index (χ3n) is 1.54. The van der Waals surface area contributed by atoms with Crippen LogP contribution in [0, 0.1) is 0 Å². The fraction of sp³-hybridized carbons (Fsp3) is 1.00. The van der Waals surface area contributed by atoms with Crippen LogP contribution < -0.4 is 0 Å². The van der Waals surface area contributed by atoms with E-state index in [4.69, 9.17) is 0 Å². The van der Waals surface area contributed by atoms with Crippen molar-refractivity contribution < 1.29 is 0 Å². The average Bonchev–Trinajstić information content (AvgIpc) is 2.13. The smallest absolute Gasteiger partial charge is 0.0596 e. The summed E-state index contributed by atoms with van der Waals surface area (Å²) in [7, 11) is 0. The van der Waals surface area contributed by atoms with E-state index in [1.54, 1.807) is 0 Å². The molecule has 0 radical (unpaired) electrons. The van der Waals surface area contributed by atoms with E-state index in [0.29, 0.717) is 0 Å². The minimum Gasteiger partial charge on any atom is -0.177 e. The van der Waals surface area contributed by atoms with Crippen molar-refractivity contribution in [3.8, 4) is 0 Å². The lowest BCUT2D eigenvalue weighted by Crippen LogP contribution is -2.04. The van der Waals surface area contributed by atoms with Gasteiger partial charge in [-0.05, 0) is 0 Å². The van der Waals surface area contributed by atoms with E-state index in [-0.39, 0.29) is 0 Å². The first-order chi connectivity index (χ1) is 4.24. The number of rotatable bonds is 1. The summed E-state index contributed by atoms with van der Waals surface area (Å²) >= 11 is 8.38. The largest absolute Gasteiger partial charge is 0.177 e. The maximum absolute atomic E-state index is 4.26. The molecular weight excluding hydrogens is 168 g/mol. The summed E-state index contributed by atoms with van der Waals surface area (Å²) in [6.45, 7) is 4.59. The monoisotopic (exact) mass is 180 g/mol. The van der Waals surface area contributed by atoms with Gasteiger partial charge in [0.25, 0.3) is 0 Å². The van der Waals surface area contributed by atoms with Crippen LogP contribution in [0.5, 0.6) is 0 Å². The molecule has 0 bridgehead atoms. The Labute approximate surface area is 71.0 Å². The fourth-order valence-electron chi connectivity index (χ4n) is 0.818. The van der Waals surface area contributed by atoms with Crippen molar-refractivity contribution in [1.82, 2.24) is 0 Å². The third-order valence-corrected chi connectivity index (χ3v) is 5.86. The zero-order valence-electron chi connectivity index (χ0n) is 5.70. The van der Waals surface area contributed by atoms with Gasteiger partial charge in [0.05, 0.1) is 4.58 Å². The molecule has 9 heavy (non-hydrogen) atoms. The molecule has 3 heteroatoms. The molecule has 0 aliphatic carbocycles. The van der Waals surface area contributed by atoms with Crippen molar-refractivity contribution in [3.05, 3.63) is 0 Å². The molecule has 0 aromatic rings. The zero-order valence-corrected chi connectivity index (χ0v) is 8.23. The van der Waals surface area contributed by atoms with Crippen LogP contribution in [0.2, 0.25) is 0 Å². The molecule has 1 heterocycles. The Morgan fingerprint density at radius 3 is 1.89 bits per heavy atom. The molecular formula is C6H12S3. The van der Waals surface area contributed by atoms with Crippen LogP contribution in [0.15, 0.2) is 0 Å². The molecule has 54 valence electrons. The van der Waals surface area contributed by atoms with Gasteiger partial charge in [-0.1, -0.05) is 13.8 Å². The molecule has 0 N–H and O–H groups in total. The molecule has 1 rings (SSSR count). The van der Waals surface area contributed by atoms with Crippen LogP contribution in [-0.2, 0) is 0 Å². The molecule has 0 spiro atoms. The van der Waals surface area contributed by atoms with Crippen molar-refractivity contribution in [2.45, 2.75) is 28.9 Å². The van der Waals surface area contributed by atoms with Crippen LogP contribution >= 0.6 is 36.2 Å². The van der Waals surface area contributed by atoms with Crippen molar-refractivity contribution in [2.75, 3.05) is 5.75 Å². The molecule has 0 aromatic heterocycles. The highest BCUT2D eigenvalue weighted by atomic mass is 32.2. The second-order valence-corrected chi connectivity index (χ2v) is 6.13. The summed E-state index contributed by atoms with van der Waals surface area (Å²) in [5.74, 6) is 1.02. The van der Waals surface area contributed by atoms with Crippen LogP contribution in [0.1, 0.15) is 13.8 Å². The Hall–Kier alpha value is 1.05. The Balaban J connectivity index is 2.35. The number of thiol groups is 1. The van der Waals surface area contributed by atoms with Gasteiger partial charge in [-0.3, -0.25) is 0 Å². The van der Waals surface area contributed by atoms with E-state index in [1.165, 1.54) is 0 Å². The minimum atomic E-state index is 0.748. The van der Waals surface area contributed by atoms with Crippen molar-refractivity contribution >= 4 is 36.2 Å². The first kappa shape index (κ1) is 8.15. The van der Waals surface area contributed by atoms with E-state index in [0.717, 1.165) is 20.8 Å². The Morgan fingerprint density at radius 1 is 1.22 bits per heavy atom. The van der Waals surface area contributed by atoms with Gasteiger partial charge < -0.3 is 0 Å². The van der Waals surface area contributed by atoms with E-state index in [9.17, 15) is 0 Å². The summed E-state index contributed by atoms with van der Waals surface area (Å²) in [6.07, 6.45) is 0. The van der Waals surface area contributed by atoms with Gasteiger partial charge in [0.1, 0.15) is 0 Å². The lowest BCUT2D eigenvalue weighted by Gasteiger charge is -2.02. The van der Waals surface area contributed by atoms with Gasteiger partial charge in [0, 0.05) is 16.3 Å². The Morgan fingerprint density at radius 2 is 1.67 bits per heavy atom. The number of hydrogen-bond donors (Lipinski definition) is 1. The predicted molar refractivity (Wildman–Crippen MR) is 51.7 cm³/mol. The van der Waals surface area contributed by atoms with Crippen molar-refractivity contribution in [1.29, 1.82) is 0 Å². The molecule has 0 nitrogen and oxygen atoms in total. The predicted octanol–water partition coefficient (Wildman–Crippen LogP) is 2.50. The van der Waals surface area contributed by atoms with Crippen LogP contribution in [0.25, 0.3) is 0 Å². The summed E-state index contributed by atoms with van der Waals surface area (Å²) in [5.41, 5.74) is 0. The lowest BCUT2D eigenvalue weighted by molar-refractivity contribution is 0.941. The molecule has 2 atom stereocenters. The van der Waals surface area contributed by atoms with Crippen molar-refractivity contribution in [2.24, 2.45) is 0 Å². The average molecular weight is 180 g/mol. The molecule has 2 unspecified atom stereocenters. The van der Waals surface area contributed by atoms with Gasteiger partial charge in [-0.25, -0.2) is 0 Å². The first-order valence-electron chi connectivity index (χ1n) is 3.16. The molecule has 1 saturated heterocycles. The van der Waals surface area contributed by atoms with Gasteiger partial charge in [-0.15, -0.1) is 23.5 Å². The summed E-state index contributed by atoms with van der Waals surface area (Å²) in [6, 6.07) is 0.